The summed E-state index contributed by atoms with van der Waals surface area (Å²) in [4.78, 5) is 7.76. The number of nitrogens with zero attached hydrogens (tertiary/aromatic N) is 2. The lowest BCUT2D eigenvalue weighted by atomic mass is 10.1. The van der Waals surface area contributed by atoms with Crippen molar-refractivity contribution in [3.8, 4) is 11.6 Å². The number of halogens is 1. The predicted molar refractivity (Wildman–Crippen MR) is 70.0 cm³/mol. The minimum atomic E-state index is 0.125. The standard InChI is InChI=1S/C13H12ClN3O/c14-13-16-7-11(15)12(17-13)18-10-5-4-8-2-1-3-9(8)6-10/h4-7H,1-3,15H2. The number of hydrogen-bond acceptors (Lipinski definition) is 4. The van der Waals surface area contributed by atoms with Gasteiger partial charge >= 0.3 is 0 Å². The largest absolute Gasteiger partial charge is 0.437 e. The molecule has 0 unspecified atom stereocenters. The van der Waals surface area contributed by atoms with E-state index in [0.717, 1.165) is 18.6 Å². The molecule has 1 aromatic carbocycles. The molecule has 0 fully saturated rings. The first kappa shape index (κ1) is 11.3. The van der Waals surface area contributed by atoms with Gasteiger partial charge in [-0.2, -0.15) is 4.98 Å². The zero-order valence-corrected chi connectivity index (χ0v) is 10.4. The molecule has 92 valence electrons. The fraction of sp³-hybridized carbons (Fsp3) is 0.231. The summed E-state index contributed by atoms with van der Waals surface area (Å²) < 4.78 is 5.65. The molecule has 1 aromatic heterocycles. The highest BCUT2D eigenvalue weighted by molar-refractivity contribution is 6.28. The molecule has 1 heterocycles. The Hall–Kier alpha value is -1.81. The van der Waals surface area contributed by atoms with Gasteiger partial charge in [-0.3, -0.25) is 0 Å². The number of fused-ring (bicyclic) bond motifs is 1. The number of nitrogen functional groups attached to an aromatic ring is 1. The van der Waals surface area contributed by atoms with Gasteiger partial charge in [-0.1, -0.05) is 6.07 Å². The third kappa shape index (κ3) is 2.11. The normalized spacial score (nSPS) is 13.4. The fourth-order valence-corrected chi connectivity index (χ4v) is 2.29. The number of benzene rings is 1. The van der Waals surface area contributed by atoms with Gasteiger partial charge in [0.15, 0.2) is 0 Å². The van der Waals surface area contributed by atoms with Gasteiger partial charge in [0.2, 0.25) is 11.2 Å². The molecular weight excluding hydrogens is 250 g/mol. The van der Waals surface area contributed by atoms with Crippen molar-refractivity contribution >= 4 is 17.3 Å². The Morgan fingerprint density at radius 3 is 2.94 bits per heavy atom. The van der Waals surface area contributed by atoms with E-state index < -0.39 is 0 Å². The molecule has 5 heteroatoms. The molecule has 0 radical (unpaired) electrons. The molecule has 4 nitrogen and oxygen atoms in total. The molecule has 0 aliphatic heterocycles. The molecule has 0 amide bonds. The molecule has 1 aliphatic rings. The van der Waals surface area contributed by atoms with Gasteiger partial charge in [0.1, 0.15) is 11.4 Å². The maximum Gasteiger partial charge on any atom is 0.247 e. The van der Waals surface area contributed by atoms with Crippen molar-refractivity contribution in [3.63, 3.8) is 0 Å². The fourth-order valence-electron chi connectivity index (χ4n) is 2.16. The number of aromatic nitrogens is 2. The van der Waals surface area contributed by atoms with E-state index in [9.17, 15) is 0 Å². The molecule has 0 bridgehead atoms. The first-order valence-corrected chi connectivity index (χ1v) is 6.18. The van der Waals surface area contributed by atoms with Crippen molar-refractivity contribution in [2.24, 2.45) is 0 Å². The molecule has 0 atom stereocenters. The average Bonchev–Trinajstić information content (AvgIpc) is 2.81. The van der Waals surface area contributed by atoms with Gasteiger partial charge < -0.3 is 10.5 Å². The van der Waals surface area contributed by atoms with E-state index in [0.29, 0.717) is 11.6 Å². The predicted octanol–water partition coefficient (Wildman–Crippen LogP) is 2.99. The minimum absolute atomic E-state index is 0.125. The van der Waals surface area contributed by atoms with Crippen LogP contribution in [0.2, 0.25) is 5.28 Å². The van der Waals surface area contributed by atoms with Gasteiger partial charge in [0, 0.05) is 0 Å². The van der Waals surface area contributed by atoms with Crippen LogP contribution in [-0.2, 0) is 12.8 Å². The summed E-state index contributed by atoms with van der Waals surface area (Å²) in [5.74, 6) is 1.03. The summed E-state index contributed by atoms with van der Waals surface area (Å²) in [7, 11) is 0. The Kier molecular flexibility index (Phi) is 2.80. The first-order chi connectivity index (χ1) is 8.72. The Labute approximate surface area is 110 Å². The summed E-state index contributed by atoms with van der Waals surface area (Å²) in [6.45, 7) is 0. The maximum absolute atomic E-state index is 5.74. The molecular formula is C13H12ClN3O. The number of rotatable bonds is 2. The summed E-state index contributed by atoms with van der Waals surface area (Å²) in [5.41, 5.74) is 8.85. The Morgan fingerprint density at radius 1 is 1.22 bits per heavy atom. The number of anilines is 1. The van der Waals surface area contributed by atoms with Crippen LogP contribution in [0.15, 0.2) is 24.4 Å². The SMILES string of the molecule is Nc1cnc(Cl)nc1Oc1ccc2c(c1)CCC2. The van der Waals surface area contributed by atoms with E-state index in [1.807, 2.05) is 12.1 Å². The van der Waals surface area contributed by atoms with Crippen LogP contribution in [0, 0.1) is 0 Å². The Morgan fingerprint density at radius 2 is 2.06 bits per heavy atom. The summed E-state index contributed by atoms with van der Waals surface area (Å²) in [5, 5.41) is 0.125. The topological polar surface area (TPSA) is 61.0 Å². The number of aryl methyl sites for hydroxylation is 2. The second-order valence-corrected chi connectivity index (χ2v) is 4.62. The van der Waals surface area contributed by atoms with Crippen molar-refractivity contribution in [1.82, 2.24) is 9.97 Å². The van der Waals surface area contributed by atoms with Crippen molar-refractivity contribution in [2.75, 3.05) is 5.73 Å². The summed E-state index contributed by atoms with van der Waals surface area (Å²) >= 11 is 5.72. The smallest absolute Gasteiger partial charge is 0.247 e. The highest BCUT2D eigenvalue weighted by Crippen LogP contribution is 2.30. The van der Waals surface area contributed by atoms with Crippen LogP contribution in [0.3, 0.4) is 0 Å². The van der Waals surface area contributed by atoms with E-state index >= 15 is 0 Å². The lowest BCUT2D eigenvalue weighted by Gasteiger charge is -2.08. The highest BCUT2D eigenvalue weighted by Gasteiger charge is 2.12. The molecule has 0 spiro atoms. The van der Waals surface area contributed by atoms with Gasteiger partial charge in [-0.05, 0) is 54.1 Å². The van der Waals surface area contributed by atoms with Crippen molar-refractivity contribution in [3.05, 3.63) is 40.8 Å². The molecule has 18 heavy (non-hydrogen) atoms. The summed E-state index contributed by atoms with van der Waals surface area (Å²) in [6, 6.07) is 6.06. The average molecular weight is 262 g/mol. The molecule has 2 aromatic rings. The molecule has 2 N–H and O–H groups in total. The zero-order valence-electron chi connectivity index (χ0n) is 9.69. The summed E-state index contributed by atoms with van der Waals surface area (Å²) in [6.07, 6.45) is 4.90. The van der Waals surface area contributed by atoms with Crippen LogP contribution in [0.1, 0.15) is 17.5 Å². The van der Waals surface area contributed by atoms with E-state index in [4.69, 9.17) is 22.1 Å². The van der Waals surface area contributed by atoms with Crippen molar-refractivity contribution < 1.29 is 4.74 Å². The quantitative estimate of drug-likeness (QED) is 0.844. The van der Waals surface area contributed by atoms with Crippen molar-refractivity contribution in [2.45, 2.75) is 19.3 Å². The lowest BCUT2D eigenvalue weighted by Crippen LogP contribution is -1.97. The van der Waals surface area contributed by atoms with Gasteiger partial charge in [0.05, 0.1) is 6.20 Å². The maximum atomic E-state index is 5.74. The Bertz CT molecular complexity index is 601. The first-order valence-electron chi connectivity index (χ1n) is 5.80. The van der Waals surface area contributed by atoms with Gasteiger partial charge in [-0.25, -0.2) is 4.98 Å². The zero-order chi connectivity index (χ0) is 12.5. The molecule has 0 saturated carbocycles. The van der Waals surface area contributed by atoms with Crippen LogP contribution in [0.4, 0.5) is 5.69 Å². The van der Waals surface area contributed by atoms with Gasteiger partial charge in [-0.15, -0.1) is 0 Å². The van der Waals surface area contributed by atoms with Crippen LogP contribution < -0.4 is 10.5 Å². The molecule has 3 rings (SSSR count). The highest BCUT2D eigenvalue weighted by atomic mass is 35.5. The van der Waals surface area contributed by atoms with E-state index in [1.165, 1.54) is 23.7 Å². The van der Waals surface area contributed by atoms with E-state index in [-0.39, 0.29) is 5.28 Å². The van der Waals surface area contributed by atoms with E-state index in [2.05, 4.69) is 16.0 Å². The van der Waals surface area contributed by atoms with Gasteiger partial charge in [0.25, 0.3) is 0 Å². The molecule has 0 saturated heterocycles. The monoisotopic (exact) mass is 261 g/mol. The molecule has 1 aliphatic carbocycles. The third-order valence-electron chi connectivity index (χ3n) is 3.04. The number of hydrogen-bond donors (Lipinski definition) is 1. The van der Waals surface area contributed by atoms with Crippen LogP contribution in [0.5, 0.6) is 11.6 Å². The van der Waals surface area contributed by atoms with Crippen LogP contribution >= 0.6 is 11.6 Å². The number of nitrogens with two attached hydrogens (primary N) is 1. The van der Waals surface area contributed by atoms with Crippen molar-refractivity contribution in [1.29, 1.82) is 0 Å². The van der Waals surface area contributed by atoms with Crippen LogP contribution in [0.25, 0.3) is 0 Å². The second kappa shape index (κ2) is 4.46. The number of ether oxygens (including phenoxy) is 1. The second-order valence-electron chi connectivity index (χ2n) is 4.29. The minimum Gasteiger partial charge on any atom is -0.437 e. The lowest BCUT2D eigenvalue weighted by molar-refractivity contribution is 0.464. The van der Waals surface area contributed by atoms with E-state index in [1.54, 1.807) is 0 Å². The third-order valence-corrected chi connectivity index (χ3v) is 3.22. The van der Waals surface area contributed by atoms with Crippen LogP contribution in [-0.4, -0.2) is 9.97 Å². The Balaban J connectivity index is 1.90.